The van der Waals surface area contributed by atoms with Crippen LogP contribution in [0, 0.1) is 0 Å². The van der Waals surface area contributed by atoms with Crippen LogP contribution in [0.25, 0.3) is 0 Å². The number of rotatable bonds is 3. The summed E-state index contributed by atoms with van der Waals surface area (Å²) in [6, 6.07) is 11.3. The predicted octanol–water partition coefficient (Wildman–Crippen LogP) is 0.495. The van der Waals surface area contributed by atoms with Crippen LogP contribution in [0.4, 0.5) is 5.82 Å². The first kappa shape index (κ1) is 12.0. The predicted molar refractivity (Wildman–Crippen MR) is 69.0 cm³/mol. The topological polar surface area (TPSA) is 79.4 Å². The van der Waals surface area contributed by atoms with Gasteiger partial charge in [-0.1, -0.05) is 30.0 Å². The molecule has 0 aliphatic carbocycles. The number of pyridine rings is 1. The van der Waals surface area contributed by atoms with E-state index < -0.39 is 7.12 Å². The Morgan fingerprint density at radius 2 is 1.88 bits per heavy atom. The highest BCUT2D eigenvalue weighted by Crippen LogP contribution is 2.29. The van der Waals surface area contributed by atoms with Crippen molar-refractivity contribution in [1.29, 1.82) is 0 Å². The van der Waals surface area contributed by atoms with E-state index in [9.17, 15) is 0 Å². The van der Waals surface area contributed by atoms with Crippen molar-refractivity contribution in [3.63, 3.8) is 0 Å². The van der Waals surface area contributed by atoms with Crippen LogP contribution in [0.15, 0.2) is 52.4 Å². The van der Waals surface area contributed by atoms with Crippen molar-refractivity contribution >= 4 is 30.2 Å². The number of aromatic nitrogens is 1. The van der Waals surface area contributed by atoms with E-state index in [2.05, 4.69) is 4.98 Å². The molecule has 0 bridgehead atoms. The second kappa shape index (κ2) is 5.22. The molecule has 1 aromatic heterocycles. The molecule has 0 aliphatic heterocycles. The van der Waals surface area contributed by atoms with Gasteiger partial charge in [-0.3, -0.25) is 0 Å². The summed E-state index contributed by atoms with van der Waals surface area (Å²) in [6.45, 7) is 0. The van der Waals surface area contributed by atoms with E-state index in [1.807, 2.05) is 30.3 Å². The Balaban J connectivity index is 2.29. The zero-order valence-electron chi connectivity index (χ0n) is 8.95. The van der Waals surface area contributed by atoms with Crippen LogP contribution >= 0.6 is 11.8 Å². The van der Waals surface area contributed by atoms with Gasteiger partial charge in [-0.25, -0.2) is 4.98 Å². The van der Waals surface area contributed by atoms with Crippen molar-refractivity contribution in [2.75, 3.05) is 5.73 Å². The Hall–Kier alpha value is -1.50. The summed E-state index contributed by atoms with van der Waals surface area (Å²) >= 11 is 1.44. The van der Waals surface area contributed by atoms with Gasteiger partial charge >= 0.3 is 7.12 Å². The molecule has 0 unspecified atom stereocenters. The SMILES string of the molecule is Nc1ncc(B(O)O)cc1Sc1ccccc1. The minimum atomic E-state index is -1.53. The van der Waals surface area contributed by atoms with E-state index in [0.717, 1.165) is 4.90 Å². The van der Waals surface area contributed by atoms with Gasteiger partial charge in [0.25, 0.3) is 0 Å². The van der Waals surface area contributed by atoms with E-state index in [1.165, 1.54) is 18.0 Å². The van der Waals surface area contributed by atoms with E-state index in [1.54, 1.807) is 6.07 Å². The van der Waals surface area contributed by atoms with E-state index in [-0.39, 0.29) is 0 Å². The third-order valence-corrected chi connectivity index (χ3v) is 3.23. The normalized spacial score (nSPS) is 10.2. The Morgan fingerprint density at radius 1 is 1.18 bits per heavy atom. The van der Waals surface area contributed by atoms with E-state index in [0.29, 0.717) is 16.2 Å². The molecule has 0 atom stereocenters. The highest BCUT2D eigenvalue weighted by Gasteiger charge is 2.14. The third kappa shape index (κ3) is 3.00. The molecule has 0 radical (unpaired) electrons. The van der Waals surface area contributed by atoms with Crippen LogP contribution in [0.2, 0.25) is 0 Å². The van der Waals surface area contributed by atoms with Crippen molar-refractivity contribution in [2.45, 2.75) is 9.79 Å². The van der Waals surface area contributed by atoms with Crippen LogP contribution in [0.5, 0.6) is 0 Å². The first-order chi connectivity index (χ1) is 8.16. The molecule has 0 amide bonds. The fourth-order valence-electron chi connectivity index (χ4n) is 1.31. The van der Waals surface area contributed by atoms with Gasteiger partial charge in [0, 0.05) is 16.6 Å². The Kier molecular flexibility index (Phi) is 3.68. The molecule has 1 heterocycles. The first-order valence-corrected chi connectivity index (χ1v) is 5.83. The molecule has 1 aromatic carbocycles. The molecule has 0 spiro atoms. The number of anilines is 1. The monoisotopic (exact) mass is 246 g/mol. The molecule has 0 saturated heterocycles. The van der Waals surface area contributed by atoms with E-state index >= 15 is 0 Å². The summed E-state index contributed by atoms with van der Waals surface area (Å²) in [7, 11) is -1.53. The van der Waals surface area contributed by atoms with Crippen LogP contribution in [0.3, 0.4) is 0 Å². The lowest BCUT2D eigenvalue weighted by atomic mass is 9.82. The highest BCUT2D eigenvalue weighted by atomic mass is 32.2. The maximum absolute atomic E-state index is 9.07. The van der Waals surface area contributed by atoms with Gasteiger partial charge in [-0.05, 0) is 18.2 Å². The Bertz CT molecular complexity index is 508. The lowest BCUT2D eigenvalue weighted by molar-refractivity contribution is 0.425. The summed E-state index contributed by atoms with van der Waals surface area (Å²) in [5, 5.41) is 18.1. The molecule has 86 valence electrons. The number of nitrogen functional groups attached to an aromatic ring is 1. The second-order valence-electron chi connectivity index (χ2n) is 3.44. The van der Waals surface area contributed by atoms with E-state index in [4.69, 9.17) is 15.8 Å². The van der Waals surface area contributed by atoms with Gasteiger partial charge in [-0.15, -0.1) is 0 Å². The zero-order chi connectivity index (χ0) is 12.3. The Labute approximate surface area is 104 Å². The van der Waals surface area contributed by atoms with Crippen molar-refractivity contribution < 1.29 is 10.0 Å². The third-order valence-electron chi connectivity index (χ3n) is 2.17. The van der Waals surface area contributed by atoms with Crippen LogP contribution < -0.4 is 11.2 Å². The van der Waals surface area contributed by atoms with Gasteiger partial charge in [0.15, 0.2) is 0 Å². The van der Waals surface area contributed by atoms with Crippen molar-refractivity contribution in [3.8, 4) is 0 Å². The van der Waals surface area contributed by atoms with Crippen LogP contribution in [-0.2, 0) is 0 Å². The fourth-order valence-corrected chi connectivity index (χ4v) is 2.21. The van der Waals surface area contributed by atoms with Crippen molar-refractivity contribution in [3.05, 3.63) is 42.6 Å². The van der Waals surface area contributed by atoms with Crippen LogP contribution in [-0.4, -0.2) is 22.2 Å². The number of nitrogens with zero attached hydrogens (tertiary/aromatic N) is 1. The molecule has 2 aromatic rings. The van der Waals surface area contributed by atoms with Gasteiger partial charge in [0.2, 0.25) is 0 Å². The number of hydrogen-bond donors (Lipinski definition) is 3. The quantitative estimate of drug-likeness (QED) is 0.687. The molecule has 2 rings (SSSR count). The minimum absolute atomic E-state index is 0.331. The summed E-state index contributed by atoms with van der Waals surface area (Å²) in [6.07, 6.45) is 1.36. The largest absolute Gasteiger partial charge is 0.490 e. The van der Waals surface area contributed by atoms with Gasteiger partial charge in [0.1, 0.15) is 5.82 Å². The van der Waals surface area contributed by atoms with Gasteiger partial charge in [-0.2, -0.15) is 0 Å². The molecule has 17 heavy (non-hydrogen) atoms. The number of nitrogens with two attached hydrogens (primary N) is 1. The summed E-state index contributed by atoms with van der Waals surface area (Å²) in [4.78, 5) is 5.66. The lowest BCUT2D eigenvalue weighted by Gasteiger charge is -2.06. The zero-order valence-corrected chi connectivity index (χ0v) is 9.76. The highest BCUT2D eigenvalue weighted by molar-refractivity contribution is 7.99. The maximum Gasteiger partial charge on any atom is 0.490 e. The van der Waals surface area contributed by atoms with Crippen molar-refractivity contribution in [2.24, 2.45) is 0 Å². The lowest BCUT2D eigenvalue weighted by Crippen LogP contribution is -2.30. The summed E-state index contributed by atoms with van der Waals surface area (Å²) in [5.41, 5.74) is 6.07. The molecule has 0 fully saturated rings. The van der Waals surface area contributed by atoms with Gasteiger partial charge < -0.3 is 15.8 Å². The number of benzene rings is 1. The molecule has 0 saturated carbocycles. The summed E-state index contributed by atoms with van der Waals surface area (Å²) < 4.78 is 0. The smallest absolute Gasteiger partial charge is 0.423 e. The molecular formula is C11H11BN2O2S. The second-order valence-corrected chi connectivity index (χ2v) is 4.56. The average Bonchev–Trinajstić information content (AvgIpc) is 2.33. The van der Waals surface area contributed by atoms with Crippen LogP contribution in [0.1, 0.15) is 0 Å². The molecule has 4 N–H and O–H groups in total. The average molecular weight is 246 g/mol. The molecular weight excluding hydrogens is 235 g/mol. The first-order valence-electron chi connectivity index (χ1n) is 5.01. The minimum Gasteiger partial charge on any atom is -0.423 e. The van der Waals surface area contributed by atoms with Gasteiger partial charge in [0.05, 0.1) is 4.90 Å². The standard InChI is InChI=1S/C11H11BN2O2S/c13-11-10(6-8(7-14-11)12(15)16)17-9-4-2-1-3-5-9/h1-7,15-16H,(H2,13,14). The molecule has 4 nitrogen and oxygen atoms in total. The van der Waals surface area contributed by atoms with Crippen molar-refractivity contribution in [1.82, 2.24) is 4.98 Å². The Morgan fingerprint density at radius 3 is 2.53 bits per heavy atom. The molecule has 6 heteroatoms. The summed E-state index contributed by atoms with van der Waals surface area (Å²) in [5.74, 6) is 0.378. The molecule has 0 aliphatic rings. The maximum atomic E-state index is 9.07. The fraction of sp³-hybridized carbons (Fsp3) is 0. The number of hydrogen-bond acceptors (Lipinski definition) is 5.